The number of carbonyl (C=O) groups is 3. The van der Waals surface area contributed by atoms with Gasteiger partial charge in [-0.2, -0.15) is 0 Å². The first-order chi connectivity index (χ1) is 23.4. The zero-order valence-corrected chi connectivity index (χ0v) is 34.8. The number of esters is 3. The smallest absolute Gasteiger partial charge is 0.320 e. The van der Waals surface area contributed by atoms with Gasteiger partial charge in [0.25, 0.3) is 0 Å². The van der Waals surface area contributed by atoms with Gasteiger partial charge >= 0.3 is 17.9 Å². The molecular formula is C41H73N3O7. The molecule has 0 bridgehead atoms. The summed E-state index contributed by atoms with van der Waals surface area (Å²) in [5.74, 6) is -0.328. The summed E-state index contributed by atoms with van der Waals surface area (Å²) in [6, 6.07) is 8.36. The SMILES string of the molecule is CCCCCN(CC(C)(C)C)[C@@H](Cc1ccc(OCC)cc1)CN(CCN(CC(=O)OC(C)(C)C)CC(=O)OC(C)(C)C)CC(=O)OC(C)(C)C. The molecule has 1 aromatic rings. The summed E-state index contributed by atoms with van der Waals surface area (Å²) >= 11 is 0. The quantitative estimate of drug-likeness (QED) is 0.0740. The Balaban J connectivity index is 3.53. The van der Waals surface area contributed by atoms with Gasteiger partial charge in [0.1, 0.15) is 22.6 Å². The van der Waals surface area contributed by atoms with E-state index in [0.29, 0.717) is 26.2 Å². The van der Waals surface area contributed by atoms with Gasteiger partial charge < -0.3 is 18.9 Å². The maximum absolute atomic E-state index is 13.4. The Labute approximate surface area is 310 Å². The monoisotopic (exact) mass is 720 g/mol. The molecule has 10 nitrogen and oxygen atoms in total. The van der Waals surface area contributed by atoms with Crippen molar-refractivity contribution in [2.75, 3.05) is 59.0 Å². The summed E-state index contributed by atoms with van der Waals surface area (Å²) in [5, 5.41) is 0. The minimum absolute atomic E-state index is 0.0525. The molecule has 51 heavy (non-hydrogen) atoms. The molecule has 0 aliphatic heterocycles. The van der Waals surface area contributed by atoms with Gasteiger partial charge in [-0.25, -0.2) is 0 Å². The van der Waals surface area contributed by atoms with Gasteiger partial charge in [0.15, 0.2) is 0 Å². The largest absolute Gasteiger partial charge is 0.494 e. The van der Waals surface area contributed by atoms with E-state index >= 15 is 0 Å². The molecule has 10 heteroatoms. The lowest BCUT2D eigenvalue weighted by atomic mass is 9.93. The average molecular weight is 720 g/mol. The van der Waals surface area contributed by atoms with E-state index in [1.54, 1.807) is 4.90 Å². The lowest BCUT2D eigenvalue weighted by Gasteiger charge is -2.39. The second-order valence-corrected chi connectivity index (χ2v) is 17.9. The van der Waals surface area contributed by atoms with Gasteiger partial charge in [-0.15, -0.1) is 0 Å². The zero-order valence-electron chi connectivity index (χ0n) is 34.8. The lowest BCUT2D eigenvalue weighted by molar-refractivity contribution is -0.161. The molecule has 0 aliphatic carbocycles. The van der Waals surface area contributed by atoms with Crippen LogP contribution in [0.25, 0.3) is 0 Å². The van der Waals surface area contributed by atoms with Crippen LogP contribution in [0.1, 0.15) is 122 Å². The molecule has 0 heterocycles. The Morgan fingerprint density at radius 2 is 1.08 bits per heavy atom. The fourth-order valence-electron chi connectivity index (χ4n) is 5.73. The fraction of sp³-hybridized carbons (Fsp3) is 0.780. The Morgan fingerprint density at radius 3 is 1.49 bits per heavy atom. The van der Waals surface area contributed by atoms with Crippen molar-refractivity contribution >= 4 is 17.9 Å². The second-order valence-electron chi connectivity index (χ2n) is 17.9. The van der Waals surface area contributed by atoms with Crippen molar-refractivity contribution in [3.8, 4) is 5.75 Å². The van der Waals surface area contributed by atoms with Crippen LogP contribution in [-0.4, -0.2) is 114 Å². The molecule has 0 saturated heterocycles. The predicted octanol–water partition coefficient (Wildman–Crippen LogP) is 7.16. The van der Waals surface area contributed by atoms with Crippen molar-refractivity contribution < 1.29 is 33.3 Å². The van der Waals surface area contributed by atoms with E-state index in [-0.39, 0.29) is 37.1 Å². The van der Waals surface area contributed by atoms with Crippen molar-refractivity contribution in [3.63, 3.8) is 0 Å². The Morgan fingerprint density at radius 1 is 0.627 bits per heavy atom. The number of unbranched alkanes of at least 4 members (excludes halogenated alkanes) is 2. The fourth-order valence-corrected chi connectivity index (χ4v) is 5.73. The second kappa shape index (κ2) is 21.1. The summed E-state index contributed by atoms with van der Waals surface area (Å²) in [6.07, 6.45) is 4.13. The first-order valence-electron chi connectivity index (χ1n) is 18.9. The van der Waals surface area contributed by atoms with Gasteiger partial charge in [0.05, 0.1) is 26.2 Å². The van der Waals surface area contributed by atoms with Gasteiger partial charge in [-0.1, -0.05) is 52.7 Å². The first-order valence-corrected chi connectivity index (χ1v) is 18.9. The van der Waals surface area contributed by atoms with Crippen molar-refractivity contribution in [1.29, 1.82) is 0 Å². The number of rotatable bonds is 21. The summed E-state index contributed by atoms with van der Waals surface area (Å²) < 4.78 is 22.8. The van der Waals surface area contributed by atoms with Crippen LogP contribution in [0, 0.1) is 5.41 Å². The highest BCUT2D eigenvalue weighted by atomic mass is 16.6. The molecule has 1 atom stereocenters. The third kappa shape index (κ3) is 23.5. The average Bonchev–Trinajstić information content (AvgIpc) is 2.92. The zero-order chi connectivity index (χ0) is 39.0. The molecule has 0 amide bonds. The number of nitrogens with zero attached hydrogens (tertiary/aromatic N) is 3. The molecule has 0 aliphatic rings. The Hall–Kier alpha value is -2.69. The highest BCUT2D eigenvalue weighted by molar-refractivity contribution is 5.75. The van der Waals surface area contributed by atoms with Gasteiger partial charge in [0, 0.05) is 32.2 Å². The van der Waals surface area contributed by atoms with Crippen LogP contribution in [0.3, 0.4) is 0 Å². The summed E-state index contributed by atoms with van der Waals surface area (Å²) in [7, 11) is 0. The minimum atomic E-state index is -0.667. The van der Waals surface area contributed by atoms with E-state index in [4.69, 9.17) is 18.9 Å². The molecular weight excluding hydrogens is 646 g/mol. The van der Waals surface area contributed by atoms with Gasteiger partial charge in [-0.3, -0.25) is 29.1 Å². The van der Waals surface area contributed by atoms with E-state index in [1.165, 1.54) is 5.56 Å². The Bertz CT molecular complexity index is 1140. The van der Waals surface area contributed by atoms with Crippen LogP contribution in [0.5, 0.6) is 5.75 Å². The van der Waals surface area contributed by atoms with Crippen LogP contribution in [0.15, 0.2) is 24.3 Å². The van der Waals surface area contributed by atoms with Crippen molar-refractivity contribution in [3.05, 3.63) is 29.8 Å². The normalized spacial score (nSPS) is 13.4. The molecule has 0 N–H and O–H groups in total. The molecule has 0 fully saturated rings. The Kier molecular flexibility index (Phi) is 19.2. The van der Waals surface area contributed by atoms with E-state index in [0.717, 1.165) is 44.5 Å². The molecule has 0 saturated carbocycles. The third-order valence-corrected chi connectivity index (χ3v) is 7.47. The van der Waals surface area contributed by atoms with Crippen LogP contribution in [-0.2, 0) is 35.0 Å². The number of hydrogen-bond acceptors (Lipinski definition) is 10. The summed E-state index contributed by atoms with van der Waals surface area (Å²) in [4.78, 5) is 45.8. The third-order valence-electron chi connectivity index (χ3n) is 7.47. The molecule has 1 aromatic carbocycles. The van der Waals surface area contributed by atoms with Crippen LogP contribution < -0.4 is 4.74 Å². The van der Waals surface area contributed by atoms with E-state index < -0.39 is 28.7 Å². The molecule has 1 rings (SSSR count). The van der Waals surface area contributed by atoms with Gasteiger partial charge in [0.2, 0.25) is 0 Å². The topological polar surface area (TPSA) is 97.9 Å². The highest BCUT2D eigenvalue weighted by Gasteiger charge is 2.29. The first kappa shape index (κ1) is 46.3. The molecule has 0 aromatic heterocycles. The number of hydrogen-bond donors (Lipinski definition) is 0. The molecule has 0 unspecified atom stereocenters. The van der Waals surface area contributed by atoms with E-state index in [2.05, 4.69) is 49.6 Å². The number of ether oxygens (including phenoxy) is 4. The van der Waals surface area contributed by atoms with Gasteiger partial charge in [-0.05, 0) is 112 Å². The van der Waals surface area contributed by atoms with Crippen LogP contribution >= 0.6 is 0 Å². The molecule has 0 spiro atoms. The standard InChI is InChI=1S/C41H73N3O7/c1-15-17-18-23-44(31-38(3,4)5)33(26-32-19-21-34(22-20-32)48-16-2)27-42(28-35(45)49-39(6,7)8)24-25-43(29-36(46)50-40(9,10)11)30-37(47)51-41(12,13)14/h19-22,33H,15-18,23-31H2,1-14H3/t33-/m0/s1. The number of carbonyl (C=O) groups excluding carboxylic acids is 3. The summed E-state index contributed by atoms with van der Waals surface area (Å²) in [5.41, 5.74) is -0.731. The number of benzene rings is 1. The van der Waals surface area contributed by atoms with Crippen molar-refractivity contribution in [2.24, 2.45) is 5.41 Å². The maximum atomic E-state index is 13.4. The van der Waals surface area contributed by atoms with Crippen molar-refractivity contribution in [1.82, 2.24) is 14.7 Å². The van der Waals surface area contributed by atoms with Crippen LogP contribution in [0.2, 0.25) is 0 Å². The van der Waals surface area contributed by atoms with E-state index in [9.17, 15) is 14.4 Å². The maximum Gasteiger partial charge on any atom is 0.320 e. The van der Waals surface area contributed by atoms with E-state index in [1.807, 2.05) is 81.4 Å². The highest BCUT2D eigenvalue weighted by Crippen LogP contribution is 2.22. The molecule has 294 valence electrons. The predicted molar refractivity (Wildman–Crippen MR) is 206 cm³/mol. The van der Waals surface area contributed by atoms with Crippen molar-refractivity contribution in [2.45, 2.75) is 145 Å². The van der Waals surface area contributed by atoms with Crippen LogP contribution in [0.4, 0.5) is 0 Å². The molecule has 0 radical (unpaired) electrons. The minimum Gasteiger partial charge on any atom is -0.494 e. The lowest BCUT2D eigenvalue weighted by Crippen LogP contribution is -2.51. The summed E-state index contributed by atoms with van der Waals surface area (Å²) in [6.45, 7) is 31.2.